The number of hydrogen-bond donors (Lipinski definition) is 0. The van der Waals surface area contributed by atoms with Gasteiger partial charge in [-0.2, -0.15) is 4.31 Å². The fourth-order valence-electron chi connectivity index (χ4n) is 2.68. The molecule has 0 bridgehead atoms. The Labute approximate surface area is 146 Å². The summed E-state index contributed by atoms with van der Waals surface area (Å²) in [6.07, 6.45) is 1.00. The summed E-state index contributed by atoms with van der Waals surface area (Å²) in [4.78, 5) is 12.1. The van der Waals surface area contributed by atoms with E-state index in [-0.39, 0.29) is 16.8 Å². The van der Waals surface area contributed by atoms with E-state index in [0.717, 1.165) is 11.1 Å². The molecule has 7 heteroatoms. The summed E-state index contributed by atoms with van der Waals surface area (Å²) in [5.74, 6) is -0.429. The van der Waals surface area contributed by atoms with Gasteiger partial charge in [-0.05, 0) is 72.8 Å². The van der Waals surface area contributed by atoms with Crippen LogP contribution in [0.2, 0.25) is 0 Å². The van der Waals surface area contributed by atoms with Crippen LogP contribution in [-0.4, -0.2) is 38.4 Å². The summed E-state index contributed by atoms with van der Waals surface area (Å²) < 4.78 is 32.8. The Morgan fingerprint density at radius 2 is 1.83 bits per heavy atom. The second-order valence-corrected chi connectivity index (χ2v) is 8.56. The van der Waals surface area contributed by atoms with Crippen molar-refractivity contribution < 1.29 is 17.9 Å². The second-order valence-electron chi connectivity index (χ2n) is 5.80. The fourth-order valence-corrected chi connectivity index (χ4v) is 5.36. The lowest BCUT2D eigenvalue weighted by Gasteiger charge is -2.30. The van der Waals surface area contributed by atoms with Gasteiger partial charge in [0, 0.05) is 17.6 Å². The Morgan fingerprint density at radius 1 is 1.26 bits per heavy atom. The highest BCUT2D eigenvalue weighted by molar-refractivity contribution is 9.10. The summed E-state index contributed by atoms with van der Waals surface area (Å²) in [5, 5.41) is 0. The third kappa shape index (κ3) is 3.95. The van der Waals surface area contributed by atoms with E-state index in [9.17, 15) is 13.2 Å². The minimum absolute atomic E-state index is 0.204. The first-order chi connectivity index (χ1) is 10.8. The lowest BCUT2D eigenvalue weighted by molar-refractivity contribution is -0.149. The average Bonchev–Trinajstić information content (AvgIpc) is 2.51. The number of hydrogen-bond acceptors (Lipinski definition) is 4. The Bertz CT molecular complexity index is 694. The van der Waals surface area contributed by atoms with Crippen LogP contribution in [0.4, 0.5) is 0 Å². The van der Waals surface area contributed by atoms with Gasteiger partial charge in [0.25, 0.3) is 0 Å². The van der Waals surface area contributed by atoms with Gasteiger partial charge in [0.2, 0.25) is 10.0 Å². The summed E-state index contributed by atoms with van der Waals surface area (Å²) in [5.41, 5.74) is 1.98. The van der Waals surface area contributed by atoms with Crippen molar-refractivity contribution in [1.29, 1.82) is 0 Å². The van der Waals surface area contributed by atoms with E-state index in [0.29, 0.717) is 37.0 Å². The van der Waals surface area contributed by atoms with E-state index in [1.807, 2.05) is 19.9 Å². The molecule has 0 unspecified atom stereocenters. The minimum Gasteiger partial charge on any atom is -0.466 e. The quantitative estimate of drug-likeness (QED) is 0.724. The van der Waals surface area contributed by atoms with Gasteiger partial charge in [0.1, 0.15) is 0 Å². The Morgan fingerprint density at radius 3 is 2.39 bits per heavy atom. The predicted octanol–water partition coefficient (Wildman–Crippen LogP) is 3.03. The topological polar surface area (TPSA) is 63.7 Å². The van der Waals surface area contributed by atoms with Gasteiger partial charge >= 0.3 is 5.97 Å². The van der Waals surface area contributed by atoms with Crippen LogP contribution in [0.25, 0.3) is 0 Å². The summed E-state index contributed by atoms with van der Waals surface area (Å²) in [6.45, 7) is 6.65. The van der Waals surface area contributed by atoms with Gasteiger partial charge in [0.05, 0.1) is 17.4 Å². The zero-order valence-electron chi connectivity index (χ0n) is 13.6. The molecule has 1 aliphatic rings. The lowest BCUT2D eigenvalue weighted by Crippen LogP contribution is -2.40. The molecule has 0 N–H and O–H groups in total. The molecule has 0 aromatic heterocycles. The van der Waals surface area contributed by atoms with Crippen LogP contribution in [0.15, 0.2) is 21.5 Å². The standard InChI is InChI=1S/C16H22BrNO4S/c1-4-22-16(19)13-5-7-18(8-6-13)23(20,21)15-10-12(3)11(2)9-14(15)17/h9-10,13H,4-8H2,1-3H3. The molecule has 0 atom stereocenters. The van der Waals surface area contributed by atoms with Gasteiger partial charge in [0.15, 0.2) is 0 Å². The first-order valence-electron chi connectivity index (χ1n) is 7.71. The van der Waals surface area contributed by atoms with Crippen LogP contribution in [-0.2, 0) is 19.6 Å². The first kappa shape index (κ1) is 18.4. The third-order valence-electron chi connectivity index (χ3n) is 4.24. The normalized spacial score (nSPS) is 17.2. The van der Waals surface area contributed by atoms with E-state index >= 15 is 0 Å². The van der Waals surface area contributed by atoms with Crippen LogP contribution in [0.5, 0.6) is 0 Å². The van der Waals surface area contributed by atoms with E-state index in [4.69, 9.17) is 4.74 Å². The lowest BCUT2D eigenvalue weighted by atomic mass is 9.98. The van der Waals surface area contributed by atoms with Crippen molar-refractivity contribution in [3.05, 3.63) is 27.7 Å². The Balaban J connectivity index is 2.17. The molecule has 0 amide bonds. The van der Waals surface area contributed by atoms with E-state index in [2.05, 4.69) is 15.9 Å². The summed E-state index contributed by atoms with van der Waals surface area (Å²) >= 11 is 3.36. The molecular formula is C16H22BrNO4S. The highest BCUT2D eigenvalue weighted by atomic mass is 79.9. The molecule has 128 valence electrons. The minimum atomic E-state index is -3.56. The highest BCUT2D eigenvalue weighted by Crippen LogP contribution is 2.30. The van der Waals surface area contributed by atoms with E-state index in [1.165, 1.54) is 4.31 Å². The largest absolute Gasteiger partial charge is 0.466 e. The first-order valence-corrected chi connectivity index (χ1v) is 9.94. The SMILES string of the molecule is CCOC(=O)C1CCN(S(=O)(=O)c2cc(C)c(C)cc2Br)CC1. The Hall–Kier alpha value is -0.920. The molecule has 0 radical (unpaired) electrons. The molecule has 1 aromatic rings. The van der Waals surface area contributed by atoms with Gasteiger partial charge in [-0.15, -0.1) is 0 Å². The highest BCUT2D eigenvalue weighted by Gasteiger charge is 2.33. The average molecular weight is 404 g/mol. The van der Waals surface area contributed by atoms with Crippen molar-refractivity contribution in [2.45, 2.75) is 38.5 Å². The zero-order chi connectivity index (χ0) is 17.2. The van der Waals surface area contributed by atoms with Crippen molar-refractivity contribution in [3.63, 3.8) is 0 Å². The maximum atomic E-state index is 12.9. The van der Waals surface area contributed by atoms with Gasteiger partial charge in [-0.25, -0.2) is 8.42 Å². The molecule has 23 heavy (non-hydrogen) atoms. The smallest absolute Gasteiger partial charge is 0.309 e. The zero-order valence-corrected chi connectivity index (χ0v) is 16.0. The van der Waals surface area contributed by atoms with Gasteiger partial charge in [-0.1, -0.05) is 0 Å². The predicted molar refractivity (Wildman–Crippen MR) is 91.7 cm³/mol. The molecule has 0 saturated carbocycles. The number of nitrogens with zero attached hydrogens (tertiary/aromatic N) is 1. The third-order valence-corrected chi connectivity index (χ3v) is 7.10. The molecule has 1 aliphatic heterocycles. The molecule has 1 aromatic carbocycles. The summed E-state index contributed by atoms with van der Waals surface area (Å²) in [6, 6.07) is 3.53. The molecule has 1 heterocycles. The van der Waals surface area contributed by atoms with Crippen molar-refractivity contribution in [1.82, 2.24) is 4.31 Å². The Kier molecular flexibility index (Phi) is 5.86. The van der Waals surface area contributed by atoms with Crippen LogP contribution in [0, 0.1) is 19.8 Å². The molecular weight excluding hydrogens is 382 g/mol. The maximum Gasteiger partial charge on any atom is 0.309 e. The fraction of sp³-hybridized carbons (Fsp3) is 0.562. The molecule has 0 spiro atoms. The number of carbonyl (C=O) groups is 1. The van der Waals surface area contributed by atoms with Crippen LogP contribution >= 0.6 is 15.9 Å². The van der Waals surface area contributed by atoms with Crippen molar-refractivity contribution in [2.24, 2.45) is 5.92 Å². The number of halogens is 1. The molecule has 1 saturated heterocycles. The maximum absolute atomic E-state index is 12.9. The van der Waals surface area contributed by atoms with E-state index in [1.54, 1.807) is 13.0 Å². The molecule has 5 nitrogen and oxygen atoms in total. The van der Waals surface area contributed by atoms with Crippen molar-refractivity contribution >= 4 is 31.9 Å². The van der Waals surface area contributed by atoms with E-state index < -0.39 is 10.0 Å². The van der Waals surface area contributed by atoms with Crippen LogP contribution in [0.3, 0.4) is 0 Å². The molecule has 2 rings (SSSR count). The monoisotopic (exact) mass is 403 g/mol. The van der Waals surface area contributed by atoms with Crippen molar-refractivity contribution in [2.75, 3.05) is 19.7 Å². The number of carbonyl (C=O) groups excluding carboxylic acids is 1. The summed E-state index contributed by atoms with van der Waals surface area (Å²) in [7, 11) is -3.56. The molecule has 0 aliphatic carbocycles. The number of esters is 1. The van der Waals surface area contributed by atoms with Crippen LogP contribution in [0.1, 0.15) is 30.9 Å². The molecule has 1 fully saturated rings. The van der Waals surface area contributed by atoms with Crippen molar-refractivity contribution in [3.8, 4) is 0 Å². The number of rotatable bonds is 4. The van der Waals surface area contributed by atoms with Gasteiger partial charge in [-0.3, -0.25) is 4.79 Å². The number of ether oxygens (including phenoxy) is 1. The second kappa shape index (κ2) is 7.32. The number of sulfonamides is 1. The van der Waals surface area contributed by atoms with Crippen LogP contribution < -0.4 is 0 Å². The van der Waals surface area contributed by atoms with Gasteiger partial charge < -0.3 is 4.74 Å². The number of piperidine rings is 1. The number of benzene rings is 1. The number of aryl methyl sites for hydroxylation is 2.